The topological polar surface area (TPSA) is 57.2 Å². The molecule has 2 saturated heterocycles. The molecule has 9 rings (SSSR count). The minimum Gasteiger partial charge on any atom is -0.493 e. The summed E-state index contributed by atoms with van der Waals surface area (Å²) in [6, 6.07) is 40.8. The predicted molar refractivity (Wildman–Crippen MR) is 249 cm³/mol. The van der Waals surface area contributed by atoms with Crippen LogP contribution < -0.4 is 18.9 Å². The number of rotatable bonds is 14. The predicted octanol–water partition coefficient (Wildman–Crippen LogP) is 11.0. The Morgan fingerprint density at radius 2 is 1.11 bits per heavy atom. The van der Waals surface area contributed by atoms with Crippen molar-refractivity contribution < 1.29 is 28.2 Å². The van der Waals surface area contributed by atoms with E-state index in [1.54, 1.807) is 34.0 Å². The van der Waals surface area contributed by atoms with Crippen LogP contribution in [-0.4, -0.2) is 69.8 Å². The highest BCUT2D eigenvalue weighted by Gasteiger charge is 2.39. The Labute approximate surface area is 369 Å². The fraction of sp³-hybridized carbons (Fsp3) is 0.400. The first-order valence-corrected chi connectivity index (χ1v) is 22.8. The molecule has 4 aliphatic rings. The number of hydrogen-bond acceptors (Lipinski definition) is 6. The second-order valence-electron chi connectivity index (χ2n) is 18.2. The minimum atomic E-state index is 0.0788. The van der Waals surface area contributed by atoms with Gasteiger partial charge in [-0.1, -0.05) is 103 Å². The number of quaternary nitrogens is 1. The van der Waals surface area contributed by atoms with Gasteiger partial charge in [0.05, 0.1) is 41.5 Å². The summed E-state index contributed by atoms with van der Waals surface area (Å²) in [5.41, 5.74) is 10.4. The Bertz CT molecular complexity index is 2230. The van der Waals surface area contributed by atoms with E-state index in [0.717, 1.165) is 85.0 Å². The van der Waals surface area contributed by atoms with Crippen molar-refractivity contribution in [2.75, 3.05) is 54.6 Å². The molecule has 2 aliphatic carbocycles. The molecule has 5 aromatic carbocycles. The van der Waals surface area contributed by atoms with Gasteiger partial charge in [0, 0.05) is 29.2 Å². The molecule has 5 aromatic rings. The van der Waals surface area contributed by atoms with Crippen molar-refractivity contribution in [3.63, 3.8) is 0 Å². The molecule has 7 nitrogen and oxygen atoms in total. The van der Waals surface area contributed by atoms with Gasteiger partial charge in [-0.15, -0.1) is 0 Å². The minimum absolute atomic E-state index is 0.0788. The summed E-state index contributed by atoms with van der Waals surface area (Å²) < 4.78 is 22.9. The number of benzene rings is 5. The summed E-state index contributed by atoms with van der Waals surface area (Å²) in [4.78, 5) is 15.8. The molecule has 0 radical (unpaired) electrons. The summed E-state index contributed by atoms with van der Waals surface area (Å²) in [6.45, 7) is 7.95. The van der Waals surface area contributed by atoms with Gasteiger partial charge in [-0.05, 0) is 123 Å². The first-order chi connectivity index (χ1) is 30.3. The van der Waals surface area contributed by atoms with Crippen molar-refractivity contribution in [2.24, 2.45) is 17.8 Å². The zero-order valence-electron chi connectivity index (χ0n) is 37.3. The first kappa shape index (κ1) is 43.3. The van der Waals surface area contributed by atoms with Gasteiger partial charge in [-0.3, -0.25) is 9.69 Å². The largest absolute Gasteiger partial charge is 0.493 e. The normalized spacial score (nSPS) is 18.5. The summed E-state index contributed by atoms with van der Waals surface area (Å²) in [6.07, 6.45) is 11.4. The zero-order valence-corrected chi connectivity index (χ0v) is 37.3. The van der Waals surface area contributed by atoms with Crippen molar-refractivity contribution in [3.8, 4) is 23.0 Å². The van der Waals surface area contributed by atoms with Gasteiger partial charge in [-0.25, -0.2) is 0 Å². The fourth-order valence-corrected chi connectivity index (χ4v) is 10.6. The Kier molecular flexibility index (Phi) is 14.1. The summed E-state index contributed by atoms with van der Waals surface area (Å²) in [5, 5.41) is 0. The van der Waals surface area contributed by atoms with Crippen molar-refractivity contribution in [2.45, 2.75) is 71.0 Å². The molecule has 0 spiro atoms. The molecule has 2 fully saturated rings. The Morgan fingerprint density at radius 3 is 1.68 bits per heavy atom. The lowest BCUT2D eigenvalue weighted by molar-refractivity contribution is -0.958. The van der Waals surface area contributed by atoms with Crippen LogP contribution in [0.4, 0.5) is 0 Å². The summed E-state index contributed by atoms with van der Waals surface area (Å²) in [5.74, 6) is 4.77. The van der Waals surface area contributed by atoms with E-state index in [-0.39, 0.29) is 11.7 Å². The molecule has 62 heavy (non-hydrogen) atoms. The lowest BCUT2D eigenvalue weighted by atomic mass is 9.84. The fourth-order valence-electron chi connectivity index (χ4n) is 10.6. The molecule has 324 valence electrons. The van der Waals surface area contributed by atoms with Gasteiger partial charge in [0.2, 0.25) is 0 Å². The van der Waals surface area contributed by atoms with Crippen LogP contribution in [0.15, 0.2) is 121 Å². The third-order valence-electron chi connectivity index (χ3n) is 14.0. The van der Waals surface area contributed by atoms with E-state index in [1.165, 1.54) is 73.0 Å². The number of likely N-dealkylation sites (tertiary alicyclic amines) is 2. The van der Waals surface area contributed by atoms with Crippen molar-refractivity contribution in [3.05, 3.63) is 160 Å². The maximum Gasteiger partial charge on any atom is 0.166 e. The second kappa shape index (κ2) is 20.2. The van der Waals surface area contributed by atoms with Gasteiger partial charge in [0.1, 0.15) is 13.1 Å². The van der Waals surface area contributed by atoms with Gasteiger partial charge < -0.3 is 23.4 Å². The maximum atomic E-state index is 13.2. The molecule has 0 aromatic heterocycles. The molecule has 1 atom stereocenters. The third-order valence-corrected chi connectivity index (χ3v) is 14.0. The van der Waals surface area contributed by atoms with E-state index in [4.69, 9.17) is 18.9 Å². The number of hydrogen-bond donors (Lipinski definition) is 0. The van der Waals surface area contributed by atoms with Crippen LogP contribution in [0.2, 0.25) is 0 Å². The quantitative estimate of drug-likeness (QED) is 0.104. The number of Topliss-reactive ketones (excluding diaryl/α,β-unsaturated/α-hetero) is 1. The Balaban J connectivity index is 0.000000176. The van der Waals surface area contributed by atoms with Crippen LogP contribution >= 0.6 is 0 Å². The van der Waals surface area contributed by atoms with E-state index in [9.17, 15) is 4.79 Å². The molecular formula is C55H65N2O5+. The first-order valence-electron chi connectivity index (χ1n) is 22.8. The third kappa shape index (κ3) is 10.4. The molecule has 7 heteroatoms. The van der Waals surface area contributed by atoms with Crippen LogP contribution in [0.25, 0.3) is 6.08 Å². The number of piperidine rings is 2. The Hall–Kier alpha value is -5.37. The number of ether oxygens (including phenoxy) is 4. The van der Waals surface area contributed by atoms with E-state index in [2.05, 4.69) is 114 Å². The van der Waals surface area contributed by atoms with Crippen LogP contribution in [-0.2, 0) is 32.5 Å². The van der Waals surface area contributed by atoms with Crippen LogP contribution in [0, 0.1) is 17.8 Å². The lowest BCUT2D eigenvalue weighted by Crippen LogP contribution is -2.51. The van der Waals surface area contributed by atoms with Crippen molar-refractivity contribution in [1.29, 1.82) is 0 Å². The SMILES string of the molecule is COc1cc2c(cc1OC)C(=O)C(CC1CC[N+](Cc3ccccc3)(Cc3ccccc3)CC1)C2.COc1cc2c(cc1OC)CC(CC1CCN(Cc3ccccc3)CC1)=C2. The molecule has 1 unspecified atom stereocenters. The molecular weight excluding hydrogens is 769 g/mol. The smallest absolute Gasteiger partial charge is 0.166 e. The highest BCUT2D eigenvalue weighted by Crippen LogP contribution is 2.41. The number of fused-ring (bicyclic) bond motifs is 2. The molecule has 2 heterocycles. The average Bonchev–Trinajstić information content (AvgIpc) is 3.85. The summed E-state index contributed by atoms with van der Waals surface area (Å²) in [7, 11) is 6.68. The average molecular weight is 834 g/mol. The van der Waals surface area contributed by atoms with Crippen molar-refractivity contribution in [1.82, 2.24) is 4.90 Å². The lowest BCUT2D eigenvalue weighted by Gasteiger charge is -2.44. The van der Waals surface area contributed by atoms with Gasteiger partial charge in [0.15, 0.2) is 28.8 Å². The number of carbonyl (C=O) groups excluding carboxylic acids is 1. The van der Waals surface area contributed by atoms with Gasteiger partial charge >= 0.3 is 0 Å². The summed E-state index contributed by atoms with van der Waals surface area (Å²) >= 11 is 0. The molecule has 2 aliphatic heterocycles. The van der Waals surface area contributed by atoms with Crippen molar-refractivity contribution >= 4 is 11.9 Å². The highest BCUT2D eigenvalue weighted by atomic mass is 16.5. The molecule has 0 bridgehead atoms. The standard InChI is InChI=1S/C31H36NO3.C24H29NO2/c1-34-29-19-26-18-27(31(33)28(26)20-30(29)35-2)17-23-13-15-32(16-14-23,21-24-9-5-3-6-10-24)22-25-11-7-4-8-12-25;1-26-23-15-21-13-20(14-22(21)16-24(23)27-2)12-18-8-10-25(11-9-18)17-19-6-4-3-5-7-19/h3-12,19-20,23,27H,13-18,21-22H2,1-2H3;3-7,13,15-16,18H,8-12,14,17H2,1-2H3/q+1;. The number of ketones is 1. The number of allylic oxidation sites excluding steroid dienone is 1. The number of carbonyl (C=O) groups is 1. The number of methoxy groups -OCH3 is 4. The van der Waals surface area contributed by atoms with Gasteiger partial charge in [-0.2, -0.15) is 0 Å². The second-order valence-corrected chi connectivity index (χ2v) is 18.2. The monoisotopic (exact) mass is 833 g/mol. The zero-order chi connectivity index (χ0) is 42.9. The molecule has 0 N–H and O–H groups in total. The van der Waals surface area contributed by atoms with E-state index >= 15 is 0 Å². The van der Waals surface area contributed by atoms with Gasteiger partial charge in [0.25, 0.3) is 0 Å². The molecule has 0 saturated carbocycles. The van der Waals surface area contributed by atoms with Crippen LogP contribution in [0.3, 0.4) is 0 Å². The molecule has 0 amide bonds. The van der Waals surface area contributed by atoms with Crippen LogP contribution in [0.5, 0.6) is 23.0 Å². The van der Waals surface area contributed by atoms with E-state index < -0.39 is 0 Å². The number of nitrogens with zero attached hydrogens (tertiary/aromatic N) is 2. The maximum absolute atomic E-state index is 13.2. The van der Waals surface area contributed by atoms with E-state index in [0.29, 0.717) is 17.4 Å². The van der Waals surface area contributed by atoms with Crippen LogP contribution in [0.1, 0.15) is 82.3 Å². The van der Waals surface area contributed by atoms with E-state index in [1.807, 2.05) is 12.1 Å². The highest BCUT2D eigenvalue weighted by molar-refractivity contribution is 6.03. The Morgan fingerprint density at radius 1 is 0.597 bits per heavy atom.